The van der Waals surface area contributed by atoms with Crippen molar-refractivity contribution >= 4 is 28.9 Å². The molecule has 3 rings (SSSR count). The van der Waals surface area contributed by atoms with E-state index in [4.69, 9.17) is 17.3 Å². The number of piperazine rings is 1. The standard InChI is InChI=1S/C16H21ClN6/c1-22-6-8-23(9-7-22)16-14(18)15(20-11-21-16)19-10-12-2-4-13(17)5-3-12/h2-5,11H,6-10,18H2,1H3,(H,19,20,21). The van der Waals surface area contributed by atoms with Crippen LogP contribution in [0, 0.1) is 0 Å². The van der Waals surface area contributed by atoms with Gasteiger partial charge in [-0.15, -0.1) is 0 Å². The Morgan fingerprint density at radius 1 is 1.13 bits per heavy atom. The van der Waals surface area contributed by atoms with Crippen molar-refractivity contribution in [3.05, 3.63) is 41.2 Å². The summed E-state index contributed by atoms with van der Waals surface area (Å²) < 4.78 is 0. The Bertz CT molecular complexity index is 652. The number of likely N-dealkylation sites (N-methyl/N-ethyl adjacent to an activating group) is 1. The second kappa shape index (κ2) is 7.02. The molecule has 7 heteroatoms. The van der Waals surface area contributed by atoms with Crippen LogP contribution in [-0.2, 0) is 6.54 Å². The molecular weight excluding hydrogens is 312 g/mol. The van der Waals surface area contributed by atoms with Crippen molar-refractivity contribution in [3.63, 3.8) is 0 Å². The molecule has 2 aromatic rings. The van der Waals surface area contributed by atoms with Crippen molar-refractivity contribution < 1.29 is 0 Å². The highest BCUT2D eigenvalue weighted by molar-refractivity contribution is 6.30. The lowest BCUT2D eigenvalue weighted by Crippen LogP contribution is -2.45. The van der Waals surface area contributed by atoms with E-state index in [2.05, 4.69) is 32.1 Å². The van der Waals surface area contributed by atoms with Crippen molar-refractivity contribution in [1.29, 1.82) is 0 Å². The van der Waals surface area contributed by atoms with Gasteiger partial charge in [-0.05, 0) is 24.7 Å². The second-order valence-corrected chi connectivity index (χ2v) is 6.17. The molecular formula is C16H21ClN6. The Balaban J connectivity index is 1.70. The molecule has 0 saturated carbocycles. The maximum absolute atomic E-state index is 6.27. The van der Waals surface area contributed by atoms with Crippen LogP contribution in [0.3, 0.4) is 0 Å². The predicted molar refractivity (Wildman–Crippen MR) is 94.9 cm³/mol. The van der Waals surface area contributed by atoms with Crippen molar-refractivity contribution in [1.82, 2.24) is 14.9 Å². The highest BCUT2D eigenvalue weighted by Crippen LogP contribution is 2.27. The molecule has 6 nitrogen and oxygen atoms in total. The van der Waals surface area contributed by atoms with Gasteiger partial charge in [0.15, 0.2) is 11.6 Å². The molecule has 0 bridgehead atoms. The molecule has 23 heavy (non-hydrogen) atoms. The van der Waals surface area contributed by atoms with Gasteiger partial charge in [0.05, 0.1) is 0 Å². The number of benzene rings is 1. The van der Waals surface area contributed by atoms with E-state index in [-0.39, 0.29) is 0 Å². The van der Waals surface area contributed by atoms with Gasteiger partial charge < -0.3 is 20.9 Å². The third-order valence-corrected chi connectivity index (χ3v) is 4.29. The van der Waals surface area contributed by atoms with Crippen LogP contribution in [0.15, 0.2) is 30.6 Å². The third-order valence-electron chi connectivity index (χ3n) is 4.04. The van der Waals surface area contributed by atoms with Crippen LogP contribution >= 0.6 is 11.6 Å². The topological polar surface area (TPSA) is 70.3 Å². The van der Waals surface area contributed by atoms with E-state index in [0.717, 1.165) is 42.6 Å². The highest BCUT2D eigenvalue weighted by Gasteiger charge is 2.19. The van der Waals surface area contributed by atoms with E-state index < -0.39 is 0 Å². The fourth-order valence-corrected chi connectivity index (χ4v) is 2.71. The molecule has 0 atom stereocenters. The smallest absolute Gasteiger partial charge is 0.157 e. The zero-order chi connectivity index (χ0) is 16.2. The minimum absolute atomic E-state index is 0.603. The zero-order valence-electron chi connectivity index (χ0n) is 13.2. The fraction of sp³-hybridized carbons (Fsp3) is 0.375. The van der Waals surface area contributed by atoms with Gasteiger partial charge >= 0.3 is 0 Å². The average Bonchev–Trinajstić information content (AvgIpc) is 2.56. The summed E-state index contributed by atoms with van der Waals surface area (Å²) in [5, 5.41) is 4.01. The summed E-state index contributed by atoms with van der Waals surface area (Å²) >= 11 is 5.90. The first-order valence-corrected chi connectivity index (χ1v) is 8.03. The first-order valence-electron chi connectivity index (χ1n) is 7.66. The monoisotopic (exact) mass is 332 g/mol. The van der Waals surface area contributed by atoms with Crippen molar-refractivity contribution in [3.8, 4) is 0 Å². The number of rotatable bonds is 4. The molecule has 122 valence electrons. The van der Waals surface area contributed by atoms with E-state index in [1.165, 1.54) is 0 Å². The number of nitrogens with one attached hydrogen (secondary N) is 1. The number of halogens is 1. The van der Waals surface area contributed by atoms with Gasteiger partial charge in [-0.25, -0.2) is 9.97 Å². The van der Waals surface area contributed by atoms with Gasteiger partial charge in [0.1, 0.15) is 12.0 Å². The first kappa shape index (κ1) is 15.8. The van der Waals surface area contributed by atoms with Gasteiger partial charge in [0, 0.05) is 37.7 Å². The summed E-state index contributed by atoms with van der Waals surface area (Å²) in [5.41, 5.74) is 8.00. The molecule has 1 fully saturated rings. The minimum Gasteiger partial charge on any atom is -0.393 e. The molecule has 1 aliphatic heterocycles. The molecule has 0 radical (unpaired) electrons. The van der Waals surface area contributed by atoms with Crippen molar-refractivity contribution in [2.45, 2.75) is 6.54 Å². The van der Waals surface area contributed by atoms with E-state index in [1.807, 2.05) is 24.3 Å². The van der Waals surface area contributed by atoms with Crippen LogP contribution in [0.25, 0.3) is 0 Å². The van der Waals surface area contributed by atoms with Crippen LogP contribution in [0.4, 0.5) is 17.3 Å². The number of hydrogen-bond acceptors (Lipinski definition) is 6. The Hall–Kier alpha value is -2.05. The molecule has 1 saturated heterocycles. The largest absolute Gasteiger partial charge is 0.393 e. The lowest BCUT2D eigenvalue weighted by atomic mass is 10.2. The van der Waals surface area contributed by atoms with Crippen LogP contribution in [0.5, 0.6) is 0 Å². The third kappa shape index (κ3) is 3.83. The number of hydrogen-bond donors (Lipinski definition) is 2. The van der Waals surface area contributed by atoms with Gasteiger partial charge in [0.25, 0.3) is 0 Å². The number of anilines is 3. The van der Waals surface area contributed by atoms with Crippen molar-refractivity contribution in [2.24, 2.45) is 0 Å². The zero-order valence-corrected chi connectivity index (χ0v) is 13.9. The van der Waals surface area contributed by atoms with Crippen molar-refractivity contribution in [2.75, 3.05) is 49.2 Å². The Kier molecular flexibility index (Phi) is 4.83. The lowest BCUT2D eigenvalue weighted by molar-refractivity contribution is 0.312. The average molecular weight is 333 g/mol. The molecule has 1 aromatic carbocycles. The Labute approximate surface area is 141 Å². The number of aromatic nitrogens is 2. The second-order valence-electron chi connectivity index (χ2n) is 5.73. The summed E-state index contributed by atoms with van der Waals surface area (Å²) in [7, 11) is 2.12. The maximum atomic E-state index is 6.27. The minimum atomic E-state index is 0.603. The molecule has 1 aliphatic rings. The maximum Gasteiger partial charge on any atom is 0.157 e. The molecule has 0 aliphatic carbocycles. The van der Waals surface area contributed by atoms with E-state index in [1.54, 1.807) is 6.33 Å². The van der Waals surface area contributed by atoms with Gasteiger partial charge in [-0.2, -0.15) is 0 Å². The molecule has 0 amide bonds. The molecule has 0 spiro atoms. The lowest BCUT2D eigenvalue weighted by Gasteiger charge is -2.33. The molecule has 1 aromatic heterocycles. The summed E-state index contributed by atoms with van der Waals surface area (Å²) in [6.07, 6.45) is 1.56. The SMILES string of the molecule is CN1CCN(c2ncnc(NCc3ccc(Cl)cc3)c2N)CC1. The summed E-state index contributed by atoms with van der Waals surface area (Å²) in [6.45, 7) is 4.51. The first-order chi connectivity index (χ1) is 11.1. The van der Waals surface area contributed by atoms with E-state index >= 15 is 0 Å². The molecule has 2 heterocycles. The predicted octanol–water partition coefficient (Wildman–Crippen LogP) is 2.08. The van der Waals surface area contributed by atoms with E-state index in [0.29, 0.717) is 18.1 Å². The summed E-state index contributed by atoms with van der Waals surface area (Å²) in [5.74, 6) is 1.48. The number of nitrogens with two attached hydrogens (primary N) is 1. The van der Waals surface area contributed by atoms with Crippen LogP contribution in [-0.4, -0.2) is 48.1 Å². The number of nitrogen functional groups attached to an aromatic ring is 1. The van der Waals surface area contributed by atoms with E-state index in [9.17, 15) is 0 Å². The van der Waals surface area contributed by atoms with Gasteiger partial charge in [-0.3, -0.25) is 0 Å². The molecule has 0 unspecified atom stereocenters. The van der Waals surface area contributed by atoms with Gasteiger partial charge in [-0.1, -0.05) is 23.7 Å². The quantitative estimate of drug-likeness (QED) is 0.893. The van der Waals surface area contributed by atoms with Crippen LogP contribution in [0.2, 0.25) is 5.02 Å². The summed E-state index contributed by atoms with van der Waals surface area (Å²) in [6, 6.07) is 7.71. The highest BCUT2D eigenvalue weighted by atomic mass is 35.5. The fourth-order valence-electron chi connectivity index (χ4n) is 2.59. The van der Waals surface area contributed by atoms with Crippen LogP contribution < -0.4 is 16.0 Å². The Morgan fingerprint density at radius 3 is 2.52 bits per heavy atom. The number of nitrogens with zero attached hydrogens (tertiary/aromatic N) is 4. The summed E-state index contributed by atoms with van der Waals surface area (Å²) in [4.78, 5) is 13.2. The normalized spacial score (nSPS) is 15.7. The van der Waals surface area contributed by atoms with Gasteiger partial charge in [0.2, 0.25) is 0 Å². The van der Waals surface area contributed by atoms with Crippen LogP contribution in [0.1, 0.15) is 5.56 Å². The molecule has 3 N–H and O–H groups in total. The Morgan fingerprint density at radius 2 is 1.83 bits per heavy atom.